The summed E-state index contributed by atoms with van der Waals surface area (Å²) < 4.78 is 19.6. The van der Waals surface area contributed by atoms with Crippen LogP contribution >= 0.6 is 11.6 Å². The van der Waals surface area contributed by atoms with E-state index in [0.29, 0.717) is 18.2 Å². The van der Waals surface area contributed by atoms with Gasteiger partial charge in [-0.1, -0.05) is 12.1 Å². The van der Waals surface area contributed by atoms with Crippen LogP contribution in [-0.4, -0.2) is 25.8 Å². The van der Waals surface area contributed by atoms with Crippen LogP contribution in [0.25, 0.3) is 0 Å². The molecule has 100 valence electrons. The Morgan fingerprint density at radius 2 is 2.33 bits per heavy atom. The molecule has 1 aliphatic rings. The molecule has 0 amide bonds. The third-order valence-corrected chi connectivity index (χ3v) is 3.60. The standard InChI is InChI=1S/C14H19ClFNO/c1-2-18-12-6-4-8-17(10-12)14-11(9-15)5-3-7-13(14)16/h3,5,7,12H,2,4,6,8-10H2,1H3. The first-order valence-corrected chi connectivity index (χ1v) is 6.99. The van der Waals surface area contributed by atoms with E-state index in [1.165, 1.54) is 6.07 Å². The quantitative estimate of drug-likeness (QED) is 0.777. The van der Waals surface area contributed by atoms with Crippen molar-refractivity contribution in [3.63, 3.8) is 0 Å². The normalized spacial score (nSPS) is 20.2. The monoisotopic (exact) mass is 271 g/mol. The number of anilines is 1. The molecule has 2 nitrogen and oxygen atoms in total. The number of benzene rings is 1. The minimum atomic E-state index is -0.190. The molecule has 18 heavy (non-hydrogen) atoms. The Morgan fingerprint density at radius 1 is 1.50 bits per heavy atom. The van der Waals surface area contributed by atoms with Gasteiger partial charge in [-0.3, -0.25) is 0 Å². The molecule has 2 rings (SSSR count). The summed E-state index contributed by atoms with van der Waals surface area (Å²) in [6.07, 6.45) is 2.28. The lowest BCUT2D eigenvalue weighted by Gasteiger charge is -2.35. The molecule has 1 aliphatic heterocycles. The summed E-state index contributed by atoms with van der Waals surface area (Å²) in [6.45, 7) is 4.32. The van der Waals surface area contributed by atoms with Crippen molar-refractivity contribution >= 4 is 17.3 Å². The Hall–Kier alpha value is -0.800. The number of ether oxygens (including phenoxy) is 1. The Labute approximate surface area is 113 Å². The highest BCUT2D eigenvalue weighted by Crippen LogP contribution is 2.29. The molecule has 0 saturated carbocycles. The van der Waals surface area contributed by atoms with Gasteiger partial charge in [-0.05, 0) is 31.4 Å². The first-order chi connectivity index (χ1) is 8.76. The van der Waals surface area contributed by atoms with Crippen LogP contribution in [0, 0.1) is 5.82 Å². The Balaban J connectivity index is 2.20. The summed E-state index contributed by atoms with van der Waals surface area (Å²) in [4.78, 5) is 2.07. The van der Waals surface area contributed by atoms with E-state index in [4.69, 9.17) is 16.3 Å². The topological polar surface area (TPSA) is 12.5 Å². The first kappa shape index (κ1) is 13.6. The second-order valence-corrected chi connectivity index (χ2v) is 4.81. The molecule has 1 fully saturated rings. The molecular weight excluding hydrogens is 253 g/mol. The first-order valence-electron chi connectivity index (χ1n) is 6.46. The predicted octanol–water partition coefficient (Wildman–Crippen LogP) is 3.57. The molecule has 0 aromatic heterocycles. The zero-order valence-corrected chi connectivity index (χ0v) is 11.4. The number of rotatable bonds is 4. The molecule has 4 heteroatoms. The molecule has 1 saturated heterocycles. The fraction of sp³-hybridized carbons (Fsp3) is 0.571. The van der Waals surface area contributed by atoms with Crippen LogP contribution in [-0.2, 0) is 10.6 Å². The SMILES string of the molecule is CCOC1CCCN(c2c(F)cccc2CCl)C1. The lowest BCUT2D eigenvalue weighted by atomic mass is 10.1. The molecule has 0 bridgehead atoms. The minimum absolute atomic E-state index is 0.190. The summed E-state index contributed by atoms with van der Waals surface area (Å²) >= 11 is 5.90. The Morgan fingerprint density at radius 3 is 3.06 bits per heavy atom. The van der Waals surface area contributed by atoms with Gasteiger partial charge in [0.05, 0.1) is 11.8 Å². The summed E-state index contributed by atoms with van der Waals surface area (Å²) in [6, 6.07) is 5.09. The molecule has 1 heterocycles. The van der Waals surface area contributed by atoms with Crippen LogP contribution in [0.2, 0.25) is 0 Å². The zero-order chi connectivity index (χ0) is 13.0. The van der Waals surface area contributed by atoms with Gasteiger partial charge in [0.25, 0.3) is 0 Å². The molecule has 0 aliphatic carbocycles. The Kier molecular flexibility index (Phi) is 4.84. The van der Waals surface area contributed by atoms with Crippen LogP contribution in [0.1, 0.15) is 25.3 Å². The van der Waals surface area contributed by atoms with E-state index in [2.05, 4.69) is 4.90 Å². The molecule has 0 spiro atoms. The van der Waals surface area contributed by atoms with E-state index < -0.39 is 0 Å². The van der Waals surface area contributed by atoms with E-state index in [1.807, 2.05) is 13.0 Å². The van der Waals surface area contributed by atoms with Gasteiger partial charge < -0.3 is 9.64 Å². The van der Waals surface area contributed by atoms with Gasteiger partial charge in [0, 0.05) is 25.6 Å². The minimum Gasteiger partial charge on any atom is -0.377 e. The van der Waals surface area contributed by atoms with Crippen LogP contribution in [0.4, 0.5) is 10.1 Å². The smallest absolute Gasteiger partial charge is 0.146 e. The van der Waals surface area contributed by atoms with E-state index in [1.54, 1.807) is 6.07 Å². The lowest BCUT2D eigenvalue weighted by Crippen LogP contribution is -2.40. The van der Waals surface area contributed by atoms with Crippen molar-refractivity contribution in [2.45, 2.75) is 31.7 Å². The van der Waals surface area contributed by atoms with Gasteiger partial charge in [0.2, 0.25) is 0 Å². The van der Waals surface area contributed by atoms with Crippen LogP contribution in [0.15, 0.2) is 18.2 Å². The number of hydrogen-bond donors (Lipinski definition) is 0. The predicted molar refractivity (Wildman–Crippen MR) is 72.8 cm³/mol. The lowest BCUT2D eigenvalue weighted by molar-refractivity contribution is 0.0525. The van der Waals surface area contributed by atoms with Gasteiger partial charge in [-0.2, -0.15) is 0 Å². The number of alkyl halides is 1. The second-order valence-electron chi connectivity index (χ2n) is 4.55. The number of halogens is 2. The van der Waals surface area contributed by atoms with Crippen molar-refractivity contribution in [2.75, 3.05) is 24.6 Å². The van der Waals surface area contributed by atoms with Crippen molar-refractivity contribution in [3.8, 4) is 0 Å². The molecule has 0 radical (unpaired) electrons. The van der Waals surface area contributed by atoms with Crippen molar-refractivity contribution in [3.05, 3.63) is 29.6 Å². The van der Waals surface area contributed by atoms with E-state index >= 15 is 0 Å². The zero-order valence-electron chi connectivity index (χ0n) is 10.7. The van der Waals surface area contributed by atoms with Crippen molar-refractivity contribution in [1.29, 1.82) is 0 Å². The van der Waals surface area contributed by atoms with Gasteiger partial charge in [0.1, 0.15) is 5.82 Å². The molecular formula is C14H19ClFNO. The fourth-order valence-corrected chi connectivity index (χ4v) is 2.75. The van der Waals surface area contributed by atoms with E-state index in [-0.39, 0.29) is 11.9 Å². The highest BCUT2D eigenvalue weighted by atomic mass is 35.5. The largest absolute Gasteiger partial charge is 0.377 e. The van der Waals surface area contributed by atoms with Gasteiger partial charge >= 0.3 is 0 Å². The van der Waals surface area contributed by atoms with Crippen molar-refractivity contribution in [1.82, 2.24) is 0 Å². The van der Waals surface area contributed by atoms with Crippen LogP contribution in [0.5, 0.6) is 0 Å². The van der Waals surface area contributed by atoms with Gasteiger partial charge in [-0.15, -0.1) is 11.6 Å². The highest BCUT2D eigenvalue weighted by molar-refractivity contribution is 6.17. The fourth-order valence-electron chi connectivity index (χ4n) is 2.54. The molecule has 1 aromatic carbocycles. The van der Waals surface area contributed by atoms with Crippen LogP contribution in [0.3, 0.4) is 0 Å². The summed E-state index contributed by atoms with van der Waals surface area (Å²) in [7, 11) is 0. The molecule has 1 atom stereocenters. The molecule has 1 unspecified atom stereocenters. The third kappa shape index (κ3) is 2.96. The average molecular weight is 272 g/mol. The van der Waals surface area contributed by atoms with Crippen LogP contribution < -0.4 is 4.90 Å². The molecule has 0 N–H and O–H groups in total. The maximum Gasteiger partial charge on any atom is 0.146 e. The summed E-state index contributed by atoms with van der Waals surface area (Å²) in [5, 5.41) is 0. The Bertz CT molecular complexity index is 397. The van der Waals surface area contributed by atoms with E-state index in [9.17, 15) is 4.39 Å². The third-order valence-electron chi connectivity index (χ3n) is 3.31. The van der Waals surface area contributed by atoms with Gasteiger partial charge in [0.15, 0.2) is 0 Å². The number of piperidine rings is 1. The summed E-state index contributed by atoms with van der Waals surface area (Å²) in [5.41, 5.74) is 1.51. The maximum absolute atomic E-state index is 14.0. The number of para-hydroxylation sites is 1. The molecule has 1 aromatic rings. The number of hydrogen-bond acceptors (Lipinski definition) is 2. The maximum atomic E-state index is 14.0. The van der Waals surface area contributed by atoms with Crippen molar-refractivity contribution in [2.24, 2.45) is 0 Å². The van der Waals surface area contributed by atoms with E-state index in [0.717, 1.165) is 31.5 Å². The summed E-state index contributed by atoms with van der Waals surface area (Å²) in [5.74, 6) is 0.147. The average Bonchev–Trinajstić information content (AvgIpc) is 2.39. The second kappa shape index (κ2) is 6.39. The highest BCUT2D eigenvalue weighted by Gasteiger charge is 2.23. The number of nitrogens with zero attached hydrogens (tertiary/aromatic N) is 1. The van der Waals surface area contributed by atoms with Gasteiger partial charge in [-0.25, -0.2) is 4.39 Å². The van der Waals surface area contributed by atoms with Crippen molar-refractivity contribution < 1.29 is 9.13 Å².